The number of nitrogens with one attached hydrogen (secondary N) is 2. The molecule has 0 saturated carbocycles. The number of rotatable bonds is 7. The number of hydrogen-bond acceptors (Lipinski definition) is 4. The maximum atomic E-state index is 12.6. The van der Waals surface area contributed by atoms with E-state index in [1.807, 2.05) is 37.3 Å². The molecule has 0 aliphatic heterocycles. The summed E-state index contributed by atoms with van der Waals surface area (Å²) in [6.45, 7) is 3.99. The standard InChI is InChI=1S/C16H19F3N4O/c1-2-23(12-7-4-3-5-8-12)10-6-9-20-15-21-13(16(17,18)19)11-14(24)22-15/h3-5,7-8,11H,2,6,9-10H2,1H3,(H2,20,21,22,24). The van der Waals surface area contributed by atoms with Gasteiger partial charge in [-0.05, 0) is 25.5 Å². The first kappa shape index (κ1) is 17.8. The van der Waals surface area contributed by atoms with E-state index in [4.69, 9.17) is 0 Å². The number of halogens is 3. The zero-order chi connectivity index (χ0) is 17.6. The number of alkyl halides is 3. The number of aromatic amines is 1. The molecule has 2 aromatic rings. The number of para-hydroxylation sites is 1. The predicted molar refractivity (Wildman–Crippen MR) is 87.3 cm³/mol. The fourth-order valence-electron chi connectivity index (χ4n) is 2.27. The highest BCUT2D eigenvalue weighted by atomic mass is 19.4. The van der Waals surface area contributed by atoms with Gasteiger partial charge in [0.1, 0.15) is 0 Å². The highest BCUT2D eigenvalue weighted by Crippen LogP contribution is 2.26. The van der Waals surface area contributed by atoms with Crippen LogP contribution >= 0.6 is 0 Å². The van der Waals surface area contributed by atoms with Gasteiger partial charge in [0.2, 0.25) is 5.95 Å². The van der Waals surface area contributed by atoms with Gasteiger partial charge in [0.25, 0.3) is 5.56 Å². The lowest BCUT2D eigenvalue weighted by atomic mass is 10.2. The molecular formula is C16H19F3N4O. The first-order valence-corrected chi connectivity index (χ1v) is 7.62. The van der Waals surface area contributed by atoms with Crippen molar-refractivity contribution in [2.75, 3.05) is 29.9 Å². The molecule has 0 atom stereocenters. The van der Waals surface area contributed by atoms with Gasteiger partial charge in [-0.15, -0.1) is 0 Å². The summed E-state index contributed by atoms with van der Waals surface area (Å²) in [6, 6.07) is 10.3. The summed E-state index contributed by atoms with van der Waals surface area (Å²) < 4.78 is 37.9. The molecule has 0 aliphatic carbocycles. The fourth-order valence-corrected chi connectivity index (χ4v) is 2.27. The van der Waals surface area contributed by atoms with Crippen molar-refractivity contribution in [3.8, 4) is 0 Å². The van der Waals surface area contributed by atoms with Crippen molar-refractivity contribution in [3.05, 3.63) is 52.4 Å². The van der Waals surface area contributed by atoms with E-state index in [0.29, 0.717) is 19.0 Å². The molecule has 1 heterocycles. The Hall–Kier alpha value is -2.51. The van der Waals surface area contributed by atoms with Gasteiger partial charge in [0, 0.05) is 31.4 Å². The summed E-state index contributed by atoms with van der Waals surface area (Å²) in [5.41, 5.74) is -0.946. The Labute approximate surface area is 137 Å². The van der Waals surface area contributed by atoms with Crippen LogP contribution in [-0.2, 0) is 6.18 Å². The SMILES string of the molecule is CCN(CCCNc1nc(C(F)(F)F)cc(=O)[nH]1)c1ccccc1. The van der Waals surface area contributed by atoms with Gasteiger partial charge in [0.15, 0.2) is 5.69 Å². The monoisotopic (exact) mass is 340 g/mol. The Morgan fingerprint density at radius 1 is 1.25 bits per heavy atom. The summed E-state index contributed by atoms with van der Waals surface area (Å²) in [5, 5.41) is 2.74. The van der Waals surface area contributed by atoms with Crippen LogP contribution in [0.2, 0.25) is 0 Å². The predicted octanol–water partition coefficient (Wildman–Crippen LogP) is 3.12. The van der Waals surface area contributed by atoms with E-state index in [2.05, 4.69) is 20.2 Å². The van der Waals surface area contributed by atoms with Crippen LogP contribution in [0.5, 0.6) is 0 Å². The Morgan fingerprint density at radius 2 is 1.96 bits per heavy atom. The lowest BCUT2D eigenvalue weighted by Gasteiger charge is -2.23. The van der Waals surface area contributed by atoms with Crippen molar-refractivity contribution in [1.82, 2.24) is 9.97 Å². The minimum Gasteiger partial charge on any atom is -0.372 e. The summed E-state index contributed by atoms with van der Waals surface area (Å²) in [4.78, 5) is 19.1. The lowest BCUT2D eigenvalue weighted by Crippen LogP contribution is -2.26. The molecule has 5 nitrogen and oxygen atoms in total. The van der Waals surface area contributed by atoms with Crippen molar-refractivity contribution >= 4 is 11.6 Å². The number of hydrogen-bond donors (Lipinski definition) is 2. The maximum absolute atomic E-state index is 12.6. The summed E-state index contributed by atoms with van der Waals surface area (Å²) in [7, 11) is 0. The lowest BCUT2D eigenvalue weighted by molar-refractivity contribution is -0.141. The van der Waals surface area contributed by atoms with E-state index in [9.17, 15) is 18.0 Å². The largest absolute Gasteiger partial charge is 0.433 e. The molecule has 0 spiro atoms. The summed E-state index contributed by atoms with van der Waals surface area (Å²) >= 11 is 0. The molecule has 130 valence electrons. The number of anilines is 2. The Balaban J connectivity index is 1.90. The summed E-state index contributed by atoms with van der Waals surface area (Å²) in [5.74, 6) is -0.169. The zero-order valence-electron chi connectivity index (χ0n) is 13.2. The van der Waals surface area contributed by atoms with Crippen LogP contribution in [-0.4, -0.2) is 29.6 Å². The van der Waals surface area contributed by atoms with Gasteiger partial charge in [-0.25, -0.2) is 4.98 Å². The van der Waals surface area contributed by atoms with E-state index in [0.717, 1.165) is 18.8 Å². The highest BCUT2D eigenvalue weighted by Gasteiger charge is 2.33. The topological polar surface area (TPSA) is 61.0 Å². The number of nitrogens with zero attached hydrogens (tertiary/aromatic N) is 2. The van der Waals surface area contributed by atoms with Crippen molar-refractivity contribution in [2.24, 2.45) is 0 Å². The summed E-state index contributed by atoms with van der Waals surface area (Å²) in [6.07, 6.45) is -3.96. The van der Waals surface area contributed by atoms with E-state index >= 15 is 0 Å². The highest BCUT2D eigenvalue weighted by molar-refractivity contribution is 5.45. The van der Waals surface area contributed by atoms with Crippen LogP contribution in [0, 0.1) is 0 Å². The quantitative estimate of drug-likeness (QED) is 0.761. The van der Waals surface area contributed by atoms with Gasteiger partial charge < -0.3 is 10.2 Å². The number of aromatic nitrogens is 2. The number of H-pyrrole nitrogens is 1. The Kier molecular flexibility index (Phi) is 5.83. The van der Waals surface area contributed by atoms with Gasteiger partial charge in [-0.3, -0.25) is 9.78 Å². The third kappa shape index (κ3) is 5.00. The molecular weight excluding hydrogens is 321 g/mol. The normalized spacial score (nSPS) is 11.3. The smallest absolute Gasteiger partial charge is 0.372 e. The third-order valence-corrected chi connectivity index (χ3v) is 3.43. The molecule has 1 aromatic heterocycles. The van der Waals surface area contributed by atoms with Crippen molar-refractivity contribution in [3.63, 3.8) is 0 Å². The Morgan fingerprint density at radius 3 is 2.58 bits per heavy atom. The average molecular weight is 340 g/mol. The second-order valence-electron chi connectivity index (χ2n) is 5.17. The molecule has 0 fully saturated rings. The van der Waals surface area contributed by atoms with Gasteiger partial charge >= 0.3 is 6.18 Å². The van der Waals surface area contributed by atoms with Crippen LogP contribution in [0.4, 0.5) is 24.8 Å². The Bertz CT molecular complexity index is 700. The molecule has 1 aromatic carbocycles. The molecule has 0 bridgehead atoms. The van der Waals surface area contributed by atoms with Crippen molar-refractivity contribution in [2.45, 2.75) is 19.5 Å². The molecule has 0 unspecified atom stereocenters. The minimum absolute atomic E-state index is 0.169. The molecule has 24 heavy (non-hydrogen) atoms. The zero-order valence-corrected chi connectivity index (χ0v) is 13.2. The number of benzene rings is 1. The van der Waals surface area contributed by atoms with Crippen molar-refractivity contribution in [1.29, 1.82) is 0 Å². The van der Waals surface area contributed by atoms with Crippen molar-refractivity contribution < 1.29 is 13.2 Å². The molecule has 0 amide bonds. The second kappa shape index (κ2) is 7.85. The maximum Gasteiger partial charge on any atom is 0.433 e. The van der Waals surface area contributed by atoms with E-state index in [1.165, 1.54) is 0 Å². The first-order chi connectivity index (χ1) is 11.4. The van der Waals surface area contributed by atoms with E-state index in [-0.39, 0.29) is 5.95 Å². The third-order valence-electron chi connectivity index (χ3n) is 3.43. The van der Waals surface area contributed by atoms with Crippen LogP contribution in [0.15, 0.2) is 41.2 Å². The second-order valence-corrected chi connectivity index (χ2v) is 5.17. The van der Waals surface area contributed by atoms with Gasteiger partial charge in [0.05, 0.1) is 0 Å². The molecule has 2 N–H and O–H groups in total. The van der Waals surface area contributed by atoms with Crippen LogP contribution in [0.1, 0.15) is 19.0 Å². The van der Waals surface area contributed by atoms with E-state index in [1.54, 1.807) is 0 Å². The molecule has 0 aliphatic rings. The first-order valence-electron chi connectivity index (χ1n) is 7.62. The fraction of sp³-hybridized carbons (Fsp3) is 0.375. The van der Waals surface area contributed by atoms with Crippen LogP contribution in [0.25, 0.3) is 0 Å². The van der Waals surface area contributed by atoms with Crippen LogP contribution in [0.3, 0.4) is 0 Å². The van der Waals surface area contributed by atoms with Gasteiger partial charge in [-0.2, -0.15) is 13.2 Å². The molecule has 8 heteroatoms. The average Bonchev–Trinajstić information content (AvgIpc) is 2.54. The van der Waals surface area contributed by atoms with E-state index < -0.39 is 17.4 Å². The van der Waals surface area contributed by atoms with Gasteiger partial charge in [-0.1, -0.05) is 18.2 Å². The van der Waals surface area contributed by atoms with Crippen LogP contribution < -0.4 is 15.8 Å². The minimum atomic E-state index is -4.64. The molecule has 0 radical (unpaired) electrons. The molecule has 2 rings (SSSR count). The molecule has 0 saturated heterocycles.